The van der Waals surface area contributed by atoms with Crippen LogP contribution < -0.4 is 10.6 Å². The van der Waals surface area contributed by atoms with Crippen molar-refractivity contribution in [3.63, 3.8) is 0 Å². The van der Waals surface area contributed by atoms with E-state index in [1.54, 1.807) is 25.1 Å². The Morgan fingerprint density at radius 1 is 0.632 bits per heavy atom. The summed E-state index contributed by atoms with van der Waals surface area (Å²) in [4.78, 5) is 62.0. The fourth-order valence-corrected chi connectivity index (χ4v) is 5.39. The third-order valence-electron chi connectivity index (χ3n) is 8.13. The lowest BCUT2D eigenvalue weighted by Gasteiger charge is -2.27. The summed E-state index contributed by atoms with van der Waals surface area (Å²) in [5, 5.41) is 5.33. The molecular weight excluding hydrogens is 754 g/mol. The standard InChI is InChI=1S/C38H59N3O16/c1-2-57-34(43)8-10-47-12-14-49-16-18-51-20-22-53-24-26-55-28-29-56-27-25-54-23-21-52-19-17-50-15-13-48-11-9-39-31-5-3-4-30-35(31)38(46)41(37(30)45)32-6-7-33(42)40-36(32)44/h3-5,32,39H,2,6-29H2,1H3,(H,40,42,44). The normalized spacial score (nSPS) is 15.3. The molecule has 1 atom stereocenters. The van der Waals surface area contributed by atoms with Gasteiger partial charge in [0.05, 0.1) is 156 Å². The van der Waals surface area contributed by atoms with Crippen LogP contribution in [0.2, 0.25) is 0 Å². The van der Waals surface area contributed by atoms with Crippen LogP contribution in [0.25, 0.3) is 0 Å². The minimum absolute atomic E-state index is 0.0626. The highest BCUT2D eigenvalue weighted by atomic mass is 16.6. The molecule has 2 N–H and O–H groups in total. The molecule has 57 heavy (non-hydrogen) atoms. The monoisotopic (exact) mass is 813 g/mol. The SMILES string of the molecule is CCOC(=O)CCOCCOCCOCCOCCOCCOCCOCCOCCOCCOCCNc1cccc2c1C(=O)N(C1CCC(=O)NC1=O)C2=O. The largest absolute Gasteiger partial charge is 0.466 e. The van der Waals surface area contributed by atoms with Crippen LogP contribution in [0.4, 0.5) is 5.69 Å². The van der Waals surface area contributed by atoms with Gasteiger partial charge in [-0.05, 0) is 25.5 Å². The molecule has 1 unspecified atom stereocenters. The smallest absolute Gasteiger partial charge is 0.308 e. The molecule has 0 aliphatic carbocycles. The van der Waals surface area contributed by atoms with E-state index in [-0.39, 0.29) is 36.4 Å². The average Bonchev–Trinajstić information content (AvgIpc) is 3.45. The lowest BCUT2D eigenvalue weighted by atomic mass is 10.0. The van der Waals surface area contributed by atoms with Crippen molar-refractivity contribution < 1.29 is 76.1 Å². The van der Waals surface area contributed by atoms with E-state index in [1.807, 2.05) is 0 Å². The van der Waals surface area contributed by atoms with Gasteiger partial charge in [-0.1, -0.05) is 6.07 Å². The van der Waals surface area contributed by atoms with E-state index >= 15 is 0 Å². The summed E-state index contributed by atoms with van der Waals surface area (Å²) in [6.07, 6.45) is 0.405. The molecule has 0 saturated carbocycles. The van der Waals surface area contributed by atoms with Crippen molar-refractivity contribution in [1.29, 1.82) is 0 Å². The van der Waals surface area contributed by atoms with Gasteiger partial charge in [0.1, 0.15) is 6.04 Å². The van der Waals surface area contributed by atoms with E-state index in [1.165, 1.54) is 0 Å². The fraction of sp³-hybridized carbons (Fsp3) is 0.711. The summed E-state index contributed by atoms with van der Waals surface area (Å²) in [6.45, 7) is 11.1. The zero-order valence-electron chi connectivity index (χ0n) is 33.0. The molecule has 4 amide bonds. The van der Waals surface area contributed by atoms with E-state index in [2.05, 4.69) is 10.6 Å². The topological polar surface area (TPSA) is 214 Å². The lowest BCUT2D eigenvalue weighted by Crippen LogP contribution is -2.54. The fourth-order valence-electron chi connectivity index (χ4n) is 5.39. The van der Waals surface area contributed by atoms with Gasteiger partial charge in [0.2, 0.25) is 11.8 Å². The maximum Gasteiger partial charge on any atom is 0.308 e. The Morgan fingerprint density at radius 3 is 1.51 bits per heavy atom. The molecule has 2 aliphatic heterocycles. The quantitative estimate of drug-likeness (QED) is 0.0540. The van der Waals surface area contributed by atoms with E-state index in [0.717, 1.165) is 4.90 Å². The van der Waals surface area contributed by atoms with Crippen molar-refractivity contribution in [2.45, 2.75) is 32.2 Å². The molecule has 19 heteroatoms. The molecular formula is C38H59N3O16. The van der Waals surface area contributed by atoms with Crippen LogP contribution in [0.3, 0.4) is 0 Å². The van der Waals surface area contributed by atoms with E-state index in [9.17, 15) is 24.0 Å². The van der Waals surface area contributed by atoms with Crippen molar-refractivity contribution in [1.82, 2.24) is 10.2 Å². The average molecular weight is 814 g/mol. The van der Waals surface area contributed by atoms with Crippen molar-refractivity contribution in [2.75, 3.05) is 151 Å². The van der Waals surface area contributed by atoms with E-state index in [4.69, 9.17) is 52.1 Å². The Bertz CT molecular complexity index is 1340. The number of ether oxygens (including phenoxy) is 11. The number of anilines is 1. The highest BCUT2D eigenvalue weighted by Gasteiger charge is 2.45. The van der Waals surface area contributed by atoms with Crippen LogP contribution in [-0.2, 0) is 66.5 Å². The number of esters is 1. The first-order chi connectivity index (χ1) is 27.9. The van der Waals surface area contributed by atoms with Gasteiger partial charge in [-0.25, -0.2) is 0 Å². The van der Waals surface area contributed by atoms with Gasteiger partial charge >= 0.3 is 5.97 Å². The summed E-state index contributed by atoms with van der Waals surface area (Å²) in [5.74, 6) is -2.44. The molecule has 0 radical (unpaired) electrons. The molecule has 0 bridgehead atoms. The van der Waals surface area contributed by atoms with Gasteiger partial charge in [0.15, 0.2) is 0 Å². The van der Waals surface area contributed by atoms with Gasteiger partial charge in [-0.2, -0.15) is 0 Å². The van der Waals surface area contributed by atoms with Gasteiger partial charge < -0.3 is 57.4 Å². The number of amides is 4. The second kappa shape index (κ2) is 30.4. The number of fused-ring (bicyclic) bond motifs is 1. The lowest BCUT2D eigenvalue weighted by molar-refractivity contribution is -0.144. The third kappa shape index (κ3) is 19.6. The van der Waals surface area contributed by atoms with Gasteiger partial charge in [-0.3, -0.25) is 34.2 Å². The van der Waals surface area contributed by atoms with Gasteiger partial charge in [-0.15, -0.1) is 0 Å². The summed E-state index contributed by atoms with van der Waals surface area (Å²) in [6, 6.07) is 3.89. The Morgan fingerprint density at radius 2 is 1.07 bits per heavy atom. The molecule has 0 aromatic heterocycles. The predicted octanol–water partition coefficient (Wildman–Crippen LogP) is 0.619. The van der Waals surface area contributed by atoms with Gasteiger partial charge in [0, 0.05) is 18.7 Å². The molecule has 1 aromatic rings. The zero-order chi connectivity index (χ0) is 40.8. The molecule has 2 heterocycles. The highest BCUT2D eigenvalue weighted by molar-refractivity contribution is 6.25. The highest BCUT2D eigenvalue weighted by Crippen LogP contribution is 2.32. The minimum atomic E-state index is -1.01. The molecule has 1 aromatic carbocycles. The molecule has 2 aliphatic rings. The first-order valence-corrected chi connectivity index (χ1v) is 19.5. The number of nitrogens with zero attached hydrogens (tertiary/aromatic N) is 1. The molecule has 1 fully saturated rings. The number of carbonyl (C=O) groups excluding carboxylic acids is 5. The van der Waals surface area contributed by atoms with Crippen LogP contribution in [0.1, 0.15) is 46.9 Å². The summed E-state index contributed by atoms with van der Waals surface area (Å²) >= 11 is 0. The summed E-state index contributed by atoms with van der Waals surface area (Å²) in [7, 11) is 0. The van der Waals surface area contributed by atoms with Crippen molar-refractivity contribution in [3.8, 4) is 0 Å². The number of nitrogens with one attached hydrogen (secondary N) is 2. The molecule has 0 spiro atoms. The van der Waals surface area contributed by atoms with Crippen molar-refractivity contribution >= 4 is 35.3 Å². The Balaban J connectivity index is 1.000. The third-order valence-corrected chi connectivity index (χ3v) is 8.13. The summed E-state index contributed by atoms with van der Waals surface area (Å²) < 4.78 is 59.5. The van der Waals surface area contributed by atoms with Crippen molar-refractivity contribution in [3.05, 3.63) is 29.3 Å². The maximum atomic E-state index is 13.2. The maximum absolute atomic E-state index is 13.2. The molecule has 3 rings (SSSR count). The Kier molecular flexibility index (Phi) is 25.5. The Labute approximate surface area is 333 Å². The number of imide groups is 2. The number of benzene rings is 1. The van der Waals surface area contributed by atoms with Crippen LogP contribution in [0.15, 0.2) is 18.2 Å². The predicted molar refractivity (Wildman–Crippen MR) is 201 cm³/mol. The van der Waals surface area contributed by atoms with Crippen LogP contribution in [0.5, 0.6) is 0 Å². The van der Waals surface area contributed by atoms with E-state index in [0.29, 0.717) is 151 Å². The number of piperidine rings is 1. The second-order valence-corrected chi connectivity index (χ2v) is 12.3. The zero-order valence-corrected chi connectivity index (χ0v) is 33.0. The molecule has 1 saturated heterocycles. The van der Waals surface area contributed by atoms with Gasteiger partial charge in [0.25, 0.3) is 11.8 Å². The first-order valence-electron chi connectivity index (χ1n) is 19.5. The number of hydrogen-bond donors (Lipinski definition) is 2. The number of hydrogen-bond acceptors (Lipinski definition) is 17. The molecule has 19 nitrogen and oxygen atoms in total. The van der Waals surface area contributed by atoms with E-state index < -0.39 is 29.7 Å². The molecule has 322 valence electrons. The number of carbonyl (C=O) groups is 5. The number of rotatable bonds is 36. The minimum Gasteiger partial charge on any atom is -0.466 e. The second-order valence-electron chi connectivity index (χ2n) is 12.3. The van der Waals surface area contributed by atoms with Crippen LogP contribution in [0, 0.1) is 0 Å². The van der Waals surface area contributed by atoms with Crippen LogP contribution in [-0.4, -0.2) is 186 Å². The van der Waals surface area contributed by atoms with Crippen molar-refractivity contribution in [2.24, 2.45) is 0 Å². The first kappa shape index (κ1) is 47.7. The summed E-state index contributed by atoms with van der Waals surface area (Å²) in [5.41, 5.74) is 0.896. The Hall–Kier alpha value is -3.63. The van der Waals surface area contributed by atoms with Crippen LogP contribution >= 0.6 is 0 Å².